The second-order valence-electron chi connectivity index (χ2n) is 5.28. The summed E-state index contributed by atoms with van der Waals surface area (Å²) in [7, 11) is 0. The zero-order valence-electron chi connectivity index (χ0n) is 11.4. The lowest BCUT2D eigenvalue weighted by molar-refractivity contribution is -0.121. The molecule has 0 saturated heterocycles. The summed E-state index contributed by atoms with van der Waals surface area (Å²) in [6, 6.07) is -0.900. The summed E-state index contributed by atoms with van der Waals surface area (Å²) in [6.45, 7) is 3.87. The average molecular weight is 255 g/mol. The molecule has 0 aromatic heterocycles. The molecule has 1 aliphatic rings. The van der Waals surface area contributed by atoms with Gasteiger partial charge in [0.1, 0.15) is 0 Å². The summed E-state index contributed by atoms with van der Waals surface area (Å²) < 4.78 is 0. The molecule has 0 spiro atoms. The van der Waals surface area contributed by atoms with Crippen LogP contribution < -0.4 is 16.4 Å². The van der Waals surface area contributed by atoms with Gasteiger partial charge in [-0.3, -0.25) is 10.1 Å². The Morgan fingerprint density at radius 3 is 2.17 bits per heavy atom. The maximum Gasteiger partial charge on any atom is 0.318 e. The smallest absolute Gasteiger partial charge is 0.318 e. The fraction of sp³-hybridized carbons (Fsp3) is 0.846. The predicted octanol–water partition coefficient (Wildman–Crippen LogP) is 1.52. The maximum absolute atomic E-state index is 11.6. The number of hydrogen-bond acceptors (Lipinski definition) is 3. The molecule has 0 heterocycles. The molecule has 0 bridgehead atoms. The highest BCUT2D eigenvalue weighted by molar-refractivity contribution is 5.96. The van der Waals surface area contributed by atoms with E-state index in [9.17, 15) is 9.59 Å². The van der Waals surface area contributed by atoms with E-state index in [0.29, 0.717) is 5.92 Å². The topological polar surface area (TPSA) is 84.2 Å². The van der Waals surface area contributed by atoms with E-state index in [1.54, 1.807) is 6.92 Å². The minimum atomic E-state index is -0.796. The number of carbonyl (C=O) groups excluding carboxylic acids is 2. The Labute approximate surface area is 109 Å². The lowest BCUT2D eigenvalue weighted by Gasteiger charge is -2.26. The van der Waals surface area contributed by atoms with Crippen LogP contribution in [0.15, 0.2) is 0 Å². The van der Waals surface area contributed by atoms with Crippen LogP contribution in [0.2, 0.25) is 0 Å². The molecule has 0 aromatic carbocycles. The molecule has 1 saturated carbocycles. The van der Waals surface area contributed by atoms with Crippen LogP contribution in [0, 0.1) is 5.92 Å². The molecular formula is C13H25N3O2. The minimum Gasteiger partial charge on any atom is -0.351 e. The summed E-state index contributed by atoms with van der Waals surface area (Å²) in [5.41, 5.74) is 4.93. The highest BCUT2D eigenvalue weighted by Crippen LogP contribution is 2.25. The van der Waals surface area contributed by atoms with E-state index in [1.807, 2.05) is 0 Å². The molecule has 4 N–H and O–H groups in total. The van der Waals surface area contributed by atoms with Crippen molar-refractivity contribution < 1.29 is 9.59 Å². The molecular weight excluding hydrogens is 230 g/mol. The van der Waals surface area contributed by atoms with E-state index in [0.717, 1.165) is 0 Å². The first-order valence-corrected chi connectivity index (χ1v) is 6.87. The standard InChI is InChI=1S/C13H25N3O2/c1-9(11-7-5-3-4-6-8-11)15-10(2)12(17)16-13(14)18/h9-11,15H,3-8H2,1-2H3,(H3,14,16,17,18)/t9-,10?/m1/s1. The fourth-order valence-corrected chi connectivity index (χ4v) is 2.65. The number of nitrogens with two attached hydrogens (primary N) is 1. The van der Waals surface area contributed by atoms with Gasteiger partial charge in [0.25, 0.3) is 0 Å². The number of rotatable bonds is 4. The molecule has 1 fully saturated rings. The van der Waals surface area contributed by atoms with Gasteiger partial charge in [0.05, 0.1) is 6.04 Å². The van der Waals surface area contributed by atoms with Crippen LogP contribution in [0.1, 0.15) is 52.4 Å². The Morgan fingerprint density at radius 1 is 1.11 bits per heavy atom. The van der Waals surface area contributed by atoms with Crippen molar-refractivity contribution in [1.82, 2.24) is 10.6 Å². The summed E-state index contributed by atoms with van der Waals surface area (Å²) in [5, 5.41) is 5.36. The van der Waals surface area contributed by atoms with Gasteiger partial charge in [-0.15, -0.1) is 0 Å². The third-order valence-corrected chi connectivity index (χ3v) is 3.76. The molecule has 1 rings (SSSR count). The van der Waals surface area contributed by atoms with Crippen molar-refractivity contribution in [2.45, 2.75) is 64.5 Å². The van der Waals surface area contributed by atoms with E-state index in [-0.39, 0.29) is 11.9 Å². The number of amides is 3. The summed E-state index contributed by atoms with van der Waals surface area (Å²) in [6.07, 6.45) is 7.63. The molecule has 0 aliphatic heterocycles. The number of carbonyl (C=O) groups is 2. The lowest BCUT2D eigenvalue weighted by Crippen LogP contribution is -2.50. The summed E-state index contributed by atoms with van der Waals surface area (Å²) >= 11 is 0. The van der Waals surface area contributed by atoms with Crippen LogP contribution in [0.3, 0.4) is 0 Å². The molecule has 0 aromatic rings. The Hall–Kier alpha value is -1.10. The first kappa shape index (κ1) is 15.0. The molecule has 104 valence electrons. The number of nitrogens with one attached hydrogen (secondary N) is 2. The number of imide groups is 1. The van der Waals surface area contributed by atoms with Gasteiger partial charge in [-0.25, -0.2) is 4.79 Å². The summed E-state index contributed by atoms with van der Waals surface area (Å²) in [5.74, 6) is 0.263. The fourth-order valence-electron chi connectivity index (χ4n) is 2.65. The van der Waals surface area contributed by atoms with Gasteiger partial charge >= 0.3 is 6.03 Å². The molecule has 5 heteroatoms. The number of primary amides is 1. The third-order valence-electron chi connectivity index (χ3n) is 3.76. The van der Waals surface area contributed by atoms with Gasteiger partial charge in [0.15, 0.2) is 0 Å². The van der Waals surface area contributed by atoms with Crippen LogP contribution in [0.5, 0.6) is 0 Å². The first-order valence-electron chi connectivity index (χ1n) is 6.87. The van der Waals surface area contributed by atoms with Crippen molar-refractivity contribution in [2.75, 3.05) is 0 Å². The zero-order chi connectivity index (χ0) is 13.5. The highest BCUT2D eigenvalue weighted by Gasteiger charge is 2.23. The van der Waals surface area contributed by atoms with E-state index < -0.39 is 12.1 Å². The van der Waals surface area contributed by atoms with E-state index in [4.69, 9.17) is 5.73 Å². The van der Waals surface area contributed by atoms with Crippen molar-refractivity contribution in [3.8, 4) is 0 Å². The highest BCUT2D eigenvalue weighted by atomic mass is 16.2. The normalized spacial score (nSPS) is 20.8. The molecule has 0 radical (unpaired) electrons. The second-order valence-corrected chi connectivity index (χ2v) is 5.28. The molecule has 1 aliphatic carbocycles. The Kier molecular flexibility index (Phi) is 6.12. The first-order chi connectivity index (χ1) is 8.50. The lowest BCUT2D eigenvalue weighted by atomic mass is 9.92. The maximum atomic E-state index is 11.6. The second kappa shape index (κ2) is 7.36. The van der Waals surface area contributed by atoms with Gasteiger partial charge in [-0.05, 0) is 32.6 Å². The van der Waals surface area contributed by atoms with Gasteiger partial charge in [-0.2, -0.15) is 0 Å². The van der Waals surface area contributed by atoms with Crippen molar-refractivity contribution >= 4 is 11.9 Å². The van der Waals surface area contributed by atoms with E-state index in [2.05, 4.69) is 17.6 Å². The van der Waals surface area contributed by atoms with Crippen molar-refractivity contribution in [1.29, 1.82) is 0 Å². The predicted molar refractivity (Wildman–Crippen MR) is 71.0 cm³/mol. The quantitative estimate of drug-likeness (QED) is 0.666. The summed E-state index contributed by atoms with van der Waals surface area (Å²) in [4.78, 5) is 22.2. The SMILES string of the molecule is CC(N[C@H](C)C1CCCCCC1)C(=O)NC(N)=O. The van der Waals surface area contributed by atoms with E-state index >= 15 is 0 Å². The molecule has 5 nitrogen and oxygen atoms in total. The molecule has 3 amide bonds. The third kappa shape index (κ3) is 5.04. The average Bonchev–Trinajstić information content (AvgIpc) is 2.56. The van der Waals surface area contributed by atoms with Crippen molar-refractivity contribution in [3.63, 3.8) is 0 Å². The molecule has 18 heavy (non-hydrogen) atoms. The Balaban J connectivity index is 2.39. The van der Waals surface area contributed by atoms with Crippen LogP contribution >= 0.6 is 0 Å². The van der Waals surface area contributed by atoms with Gasteiger partial charge < -0.3 is 11.1 Å². The minimum absolute atomic E-state index is 0.289. The Morgan fingerprint density at radius 2 is 1.67 bits per heavy atom. The van der Waals surface area contributed by atoms with Crippen molar-refractivity contribution in [2.24, 2.45) is 11.7 Å². The van der Waals surface area contributed by atoms with Gasteiger partial charge in [0, 0.05) is 6.04 Å². The van der Waals surface area contributed by atoms with Gasteiger partial charge in [0.2, 0.25) is 5.91 Å². The molecule has 1 unspecified atom stereocenters. The Bertz CT molecular complexity index is 286. The van der Waals surface area contributed by atoms with Crippen LogP contribution in [-0.4, -0.2) is 24.0 Å². The zero-order valence-corrected chi connectivity index (χ0v) is 11.4. The van der Waals surface area contributed by atoms with Crippen LogP contribution in [0.25, 0.3) is 0 Å². The largest absolute Gasteiger partial charge is 0.351 e. The monoisotopic (exact) mass is 255 g/mol. The number of hydrogen-bond donors (Lipinski definition) is 3. The van der Waals surface area contributed by atoms with Crippen molar-refractivity contribution in [3.05, 3.63) is 0 Å². The van der Waals surface area contributed by atoms with Crippen LogP contribution in [0.4, 0.5) is 4.79 Å². The van der Waals surface area contributed by atoms with Gasteiger partial charge in [-0.1, -0.05) is 25.7 Å². The van der Waals surface area contributed by atoms with Crippen LogP contribution in [-0.2, 0) is 4.79 Å². The molecule has 2 atom stereocenters. The number of urea groups is 1. The van der Waals surface area contributed by atoms with E-state index in [1.165, 1.54) is 38.5 Å².